The number of hydrogen-bond donors (Lipinski definition) is 2. The van der Waals surface area contributed by atoms with Gasteiger partial charge in [-0.15, -0.1) is 0 Å². The fourth-order valence-electron chi connectivity index (χ4n) is 2.55. The molecule has 0 radical (unpaired) electrons. The molecule has 4 nitrogen and oxygen atoms in total. The molecule has 0 aliphatic carbocycles. The third kappa shape index (κ3) is 3.52. The molecule has 1 aliphatic heterocycles. The van der Waals surface area contributed by atoms with Crippen LogP contribution >= 0.6 is 15.9 Å². The summed E-state index contributed by atoms with van der Waals surface area (Å²) in [6, 6.07) is 5.76. The minimum absolute atomic E-state index is 0.101. The Morgan fingerprint density at radius 3 is 3.00 bits per heavy atom. The molecule has 20 heavy (non-hydrogen) atoms. The first-order valence-corrected chi connectivity index (χ1v) is 7.66. The van der Waals surface area contributed by atoms with E-state index < -0.39 is 0 Å². The minimum Gasteiger partial charge on any atom is -0.396 e. The predicted octanol–water partition coefficient (Wildman–Crippen LogP) is 3.38. The van der Waals surface area contributed by atoms with Gasteiger partial charge in [-0.05, 0) is 53.4 Å². The number of nitrogens with zero attached hydrogens (tertiary/aromatic N) is 1. The number of nitrogens with one attached hydrogen (secondary N) is 1. The number of urea groups is 1. The Labute approximate surface area is 128 Å². The molecule has 0 saturated carbocycles. The van der Waals surface area contributed by atoms with E-state index in [-0.39, 0.29) is 18.1 Å². The van der Waals surface area contributed by atoms with Crippen molar-refractivity contribution >= 4 is 27.6 Å². The van der Waals surface area contributed by atoms with Crippen LogP contribution in [0.5, 0.6) is 0 Å². The van der Waals surface area contributed by atoms with Gasteiger partial charge in [0.25, 0.3) is 0 Å². The van der Waals surface area contributed by atoms with E-state index in [1.165, 1.54) is 0 Å². The molecule has 1 aromatic rings. The molecule has 0 bridgehead atoms. The zero-order valence-electron chi connectivity index (χ0n) is 11.9. The van der Waals surface area contributed by atoms with Crippen LogP contribution in [0.1, 0.15) is 25.3 Å². The third-order valence-corrected chi connectivity index (χ3v) is 4.50. The first-order chi connectivity index (χ1) is 9.43. The molecule has 1 fully saturated rings. The molecule has 1 saturated heterocycles. The van der Waals surface area contributed by atoms with Crippen molar-refractivity contribution in [2.75, 3.05) is 25.0 Å². The van der Waals surface area contributed by atoms with Crippen LogP contribution in [0.25, 0.3) is 0 Å². The van der Waals surface area contributed by atoms with E-state index in [0.29, 0.717) is 6.54 Å². The summed E-state index contributed by atoms with van der Waals surface area (Å²) in [7, 11) is 0. The van der Waals surface area contributed by atoms with Gasteiger partial charge in [0.05, 0.1) is 12.3 Å². The Bertz CT molecular complexity index is 507. The Morgan fingerprint density at radius 2 is 2.30 bits per heavy atom. The number of piperidine rings is 1. The lowest BCUT2D eigenvalue weighted by molar-refractivity contribution is 0.0648. The van der Waals surface area contributed by atoms with Crippen LogP contribution < -0.4 is 5.32 Å². The lowest BCUT2D eigenvalue weighted by atomic mass is 9.83. The zero-order valence-corrected chi connectivity index (χ0v) is 13.5. The first kappa shape index (κ1) is 15.3. The summed E-state index contributed by atoms with van der Waals surface area (Å²) in [6.45, 7) is 5.47. The number of carbonyl (C=O) groups excluding carboxylic acids is 1. The quantitative estimate of drug-likeness (QED) is 0.866. The molecule has 1 atom stereocenters. The standard InChI is InChI=1S/C15H21BrN2O2/c1-11-4-5-12(16)13(8-11)17-14(20)18-7-3-6-15(2,9-18)10-19/h4-5,8,19H,3,6-7,9-10H2,1-2H3,(H,17,20). The molecule has 2 N–H and O–H groups in total. The van der Waals surface area contributed by atoms with Gasteiger partial charge in [-0.1, -0.05) is 13.0 Å². The van der Waals surface area contributed by atoms with E-state index in [1.54, 1.807) is 4.90 Å². The minimum atomic E-state index is -0.181. The molecular weight excluding hydrogens is 320 g/mol. The largest absolute Gasteiger partial charge is 0.396 e. The van der Waals surface area contributed by atoms with Crippen molar-refractivity contribution < 1.29 is 9.90 Å². The number of aliphatic hydroxyl groups is 1. The third-order valence-electron chi connectivity index (χ3n) is 3.81. The van der Waals surface area contributed by atoms with E-state index in [2.05, 4.69) is 21.2 Å². The van der Waals surface area contributed by atoms with Crippen molar-refractivity contribution in [2.45, 2.75) is 26.7 Å². The molecule has 1 unspecified atom stereocenters. The van der Waals surface area contributed by atoms with Crippen LogP contribution in [-0.4, -0.2) is 35.7 Å². The fourth-order valence-corrected chi connectivity index (χ4v) is 2.89. The molecule has 2 rings (SSSR count). The number of likely N-dealkylation sites (tertiary alicyclic amines) is 1. The number of aryl methyl sites for hydroxylation is 1. The average Bonchev–Trinajstić information content (AvgIpc) is 2.43. The molecule has 1 aliphatic rings. The molecule has 0 spiro atoms. The maximum absolute atomic E-state index is 12.3. The van der Waals surface area contributed by atoms with Crippen molar-refractivity contribution in [3.63, 3.8) is 0 Å². The average molecular weight is 341 g/mol. The maximum atomic E-state index is 12.3. The number of carbonyl (C=O) groups is 1. The molecule has 1 aromatic carbocycles. The Morgan fingerprint density at radius 1 is 1.55 bits per heavy atom. The van der Waals surface area contributed by atoms with Gasteiger partial charge in [0.2, 0.25) is 0 Å². The topological polar surface area (TPSA) is 52.6 Å². The van der Waals surface area contributed by atoms with Gasteiger partial charge in [-0.3, -0.25) is 0 Å². The predicted molar refractivity (Wildman–Crippen MR) is 83.9 cm³/mol. The van der Waals surface area contributed by atoms with Gasteiger partial charge in [0, 0.05) is 23.0 Å². The van der Waals surface area contributed by atoms with Crippen LogP contribution in [0, 0.1) is 12.3 Å². The number of aliphatic hydroxyl groups excluding tert-OH is 1. The SMILES string of the molecule is Cc1ccc(Br)c(NC(=O)N2CCCC(C)(CO)C2)c1. The fraction of sp³-hybridized carbons (Fsp3) is 0.533. The van der Waals surface area contributed by atoms with Gasteiger partial charge in [0.1, 0.15) is 0 Å². The second-order valence-electron chi connectivity index (χ2n) is 5.91. The van der Waals surface area contributed by atoms with Gasteiger partial charge in [-0.2, -0.15) is 0 Å². The van der Waals surface area contributed by atoms with E-state index >= 15 is 0 Å². The van der Waals surface area contributed by atoms with Crippen LogP contribution in [0.15, 0.2) is 22.7 Å². The number of amides is 2. The van der Waals surface area contributed by atoms with Gasteiger partial charge >= 0.3 is 6.03 Å². The summed E-state index contributed by atoms with van der Waals surface area (Å²) in [5.41, 5.74) is 1.70. The normalized spacial score (nSPS) is 22.7. The molecule has 110 valence electrons. The zero-order chi connectivity index (χ0) is 14.8. The lowest BCUT2D eigenvalue weighted by Crippen LogP contribution is -2.48. The van der Waals surface area contributed by atoms with Crippen molar-refractivity contribution in [3.05, 3.63) is 28.2 Å². The molecule has 1 heterocycles. The van der Waals surface area contributed by atoms with Crippen LogP contribution in [-0.2, 0) is 0 Å². The summed E-state index contributed by atoms with van der Waals surface area (Å²) in [5.74, 6) is 0. The first-order valence-electron chi connectivity index (χ1n) is 6.86. The van der Waals surface area contributed by atoms with Crippen molar-refractivity contribution in [2.24, 2.45) is 5.41 Å². The summed E-state index contributed by atoms with van der Waals surface area (Å²) in [6.07, 6.45) is 1.89. The van der Waals surface area contributed by atoms with E-state index in [0.717, 1.165) is 35.1 Å². The highest BCUT2D eigenvalue weighted by Crippen LogP contribution is 2.30. The van der Waals surface area contributed by atoms with E-state index in [1.807, 2.05) is 32.0 Å². The summed E-state index contributed by atoms with van der Waals surface area (Å²) >= 11 is 3.45. The maximum Gasteiger partial charge on any atom is 0.321 e. The second kappa shape index (κ2) is 6.14. The number of rotatable bonds is 2. The number of benzene rings is 1. The summed E-state index contributed by atoms with van der Waals surface area (Å²) < 4.78 is 0.873. The highest BCUT2D eigenvalue weighted by molar-refractivity contribution is 9.10. The van der Waals surface area contributed by atoms with Crippen LogP contribution in [0.2, 0.25) is 0 Å². The van der Waals surface area contributed by atoms with Crippen LogP contribution in [0.3, 0.4) is 0 Å². The van der Waals surface area contributed by atoms with E-state index in [9.17, 15) is 9.90 Å². The van der Waals surface area contributed by atoms with Gasteiger partial charge in [0.15, 0.2) is 0 Å². The Balaban J connectivity index is 2.06. The van der Waals surface area contributed by atoms with Crippen LogP contribution in [0.4, 0.5) is 10.5 Å². The molecule has 2 amide bonds. The monoisotopic (exact) mass is 340 g/mol. The highest BCUT2D eigenvalue weighted by Gasteiger charge is 2.32. The van der Waals surface area contributed by atoms with Gasteiger partial charge < -0.3 is 15.3 Å². The highest BCUT2D eigenvalue weighted by atomic mass is 79.9. The number of halogens is 1. The smallest absolute Gasteiger partial charge is 0.321 e. The van der Waals surface area contributed by atoms with Crippen molar-refractivity contribution in [3.8, 4) is 0 Å². The summed E-state index contributed by atoms with van der Waals surface area (Å²) in [5, 5.41) is 12.4. The number of anilines is 1. The Kier molecular flexibility index (Phi) is 4.70. The molecule has 0 aromatic heterocycles. The Hall–Kier alpha value is -1.07. The lowest BCUT2D eigenvalue weighted by Gasteiger charge is -2.39. The molecular formula is C15H21BrN2O2. The van der Waals surface area contributed by atoms with E-state index in [4.69, 9.17) is 0 Å². The van der Waals surface area contributed by atoms with Crippen molar-refractivity contribution in [1.82, 2.24) is 4.90 Å². The van der Waals surface area contributed by atoms with Gasteiger partial charge in [-0.25, -0.2) is 4.79 Å². The molecule has 5 heteroatoms. The summed E-state index contributed by atoms with van der Waals surface area (Å²) in [4.78, 5) is 14.1. The van der Waals surface area contributed by atoms with Crippen molar-refractivity contribution in [1.29, 1.82) is 0 Å². The second-order valence-corrected chi connectivity index (χ2v) is 6.76. The number of hydrogen-bond acceptors (Lipinski definition) is 2.